The van der Waals surface area contributed by atoms with Crippen LogP contribution in [-0.4, -0.2) is 38.7 Å². The highest BCUT2D eigenvalue weighted by Crippen LogP contribution is 2.39. The van der Waals surface area contributed by atoms with E-state index >= 15 is 0 Å². The van der Waals surface area contributed by atoms with Gasteiger partial charge in [0, 0.05) is 36.0 Å². The van der Waals surface area contributed by atoms with Crippen molar-refractivity contribution in [3.05, 3.63) is 52.8 Å². The minimum absolute atomic E-state index is 0.0228. The van der Waals surface area contributed by atoms with E-state index in [9.17, 15) is 4.79 Å². The van der Waals surface area contributed by atoms with E-state index in [-0.39, 0.29) is 11.9 Å². The molecule has 2 bridgehead atoms. The van der Waals surface area contributed by atoms with Crippen molar-refractivity contribution in [3.63, 3.8) is 0 Å². The van der Waals surface area contributed by atoms with Crippen molar-refractivity contribution in [2.24, 2.45) is 7.05 Å². The SMILES string of the molecule is Cc1ccc(Cl)cc1NC(=O)C(C)N1C2C=C(c3ccnn3C)CC1CC2. The number of anilines is 1. The lowest BCUT2D eigenvalue weighted by Crippen LogP contribution is -2.49. The number of hydrogen-bond donors (Lipinski definition) is 1. The zero-order valence-electron chi connectivity index (χ0n) is 15.9. The minimum atomic E-state index is -0.190. The zero-order chi connectivity index (χ0) is 19.1. The predicted octanol–water partition coefficient (Wildman–Crippen LogP) is 4.03. The summed E-state index contributed by atoms with van der Waals surface area (Å²) in [6.07, 6.45) is 7.35. The third kappa shape index (κ3) is 3.42. The summed E-state index contributed by atoms with van der Waals surface area (Å²) in [4.78, 5) is 15.3. The first-order valence-corrected chi connectivity index (χ1v) is 9.85. The van der Waals surface area contributed by atoms with Crippen molar-refractivity contribution in [1.82, 2.24) is 14.7 Å². The number of amides is 1. The molecule has 1 N–H and O–H groups in total. The molecular weight excluding hydrogens is 360 g/mol. The van der Waals surface area contributed by atoms with Gasteiger partial charge >= 0.3 is 0 Å². The number of aromatic nitrogens is 2. The van der Waals surface area contributed by atoms with E-state index < -0.39 is 0 Å². The Morgan fingerprint density at radius 3 is 2.85 bits per heavy atom. The molecule has 4 rings (SSSR count). The Morgan fingerprint density at radius 2 is 2.15 bits per heavy atom. The molecule has 1 amide bonds. The molecule has 1 fully saturated rings. The number of benzene rings is 1. The van der Waals surface area contributed by atoms with E-state index in [0.29, 0.717) is 17.1 Å². The fourth-order valence-corrected chi connectivity index (χ4v) is 4.62. The van der Waals surface area contributed by atoms with Crippen molar-refractivity contribution >= 4 is 28.8 Å². The van der Waals surface area contributed by atoms with Gasteiger partial charge in [0.15, 0.2) is 0 Å². The van der Waals surface area contributed by atoms with E-state index in [1.807, 2.05) is 50.0 Å². The fraction of sp³-hybridized carbons (Fsp3) is 0.429. The molecular formula is C21H25ClN4O. The van der Waals surface area contributed by atoms with Crippen LogP contribution in [0.5, 0.6) is 0 Å². The monoisotopic (exact) mass is 384 g/mol. The summed E-state index contributed by atoms with van der Waals surface area (Å²) in [5.74, 6) is 0.0228. The van der Waals surface area contributed by atoms with E-state index in [1.165, 1.54) is 11.3 Å². The molecule has 2 aliphatic rings. The average molecular weight is 385 g/mol. The number of aryl methyl sites for hydroxylation is 2. The maximum absolute atomic E-state index is 12.9. The third-order valence-electron chi connectivity index (χ3n) is 5.88. The van der Waals surface area contributed by atoms with Crippen molar-refractivity contribution in [2.45, 2.75) is 51.2 Å². The van der Waals surface area contributed by atoms with Crippen LogP contribution in [0.15, 0.2) is 36.5 Å². The first kappa shape index (κ1) is 18.3. The predicted molar refractivity (Wildman–Crippen MR) is 109 cm³/mol. The smallest absolute Gasteiger partial charge is 0.241 e. The van der Waals surface area contributed by atoms with Crippen LogP contribution >= 0.6 is 11.6 Å². The van der Waals surface area contributed by atoms with Crippen LogP contribution in [0.3, 0.4) is 0 Å². The second-order valence-corrected chi connectivity index (χ2v) is 8.04. The average Bonchev–Trinajstić information content (AvgIpc) is 3.18. The van der Waals surface area contributed by atoms with Gasteiger partial charge in [-0.05, 0) is 62.4 Å². The van der Waals surface area contributed by atoms with Gasteiger partial charge in [0.05, 0.1) is 11.7 Å². The van der Waals surface area contributed by atoms with Gasteiger partial charge in [0.2, 0.25) is 5.91 Å². The molecule has 3 unspecified atom stereocenters. The van der Waals surface area contributed by atoms with E-state index in [0.717, 1.165) is 30.5 Å². The first-order valence-electron chi connectivity index (χ1n) is 9.47. The Hall–Kier alpha value is -2.11. The Bertz CT molecular complexity index is 903. The highest BCUT2D eigenvalue weighted by atomic mass is 35.5. The summed E-state index contributed by atoms with van der Waals surface area (Å²) < 4.78 is 1.93. The maximum Gasteiger partial charge on any atom is 0.241 e. The number of nitrogens with zero attached hydrogens (tertiary/aromatic N) is 3. The molecule has 3 atom stereocenters. The number of hydrogen-bond acceptors (Lipinski definition) is 3. The minimum Gasteiger partial charge on any atom is -0.324 e. The van der Waals surface area contributed by atoms with Crippen LogP contribution in [0, 0.1) is 6.92 Å². The van der Waals surface area contributed by atoms with Crippen LogP contribution in [-0.2, 0) is 11.8 Å². The molecule has 0 spiro atoms. The van der Waals surface area contributed by atoms with Gasteiger partial charge in [-0.1, -0.05) is 23.7 Å². The molecule has 27 heavy (non-hydrogen) atoms. The molecule has 0 aliphatic carbocycles. The fourth-order valence-electron chi connectivity index (χ4n) is 4.45. The molecule has 2 aromatic rings. The lowest BCUT2D eigenvalue weighted by molar-refractivity contribution is -0.121. The number of carbonyl (C=O) groups excluding carboxylic acids is 1. The van der Waals surface area contributed by atoms with Crippen molar-refractivity contribution in [2.75, 3.05) is 5.32 Å². The molecule has 0 radical (unpaired) electrons. The quantitative estimate of drug-likeness (QED) is 0.865. The molecule has 0 saturated carbocycles. The molecule has 1 saturated heterocycles. The number of carbonyl (C=O) groups is 1. The van der Waals surface area contributed by atoms with Crippen LogP contribution in [0.4, 0.5) is 5.69 Å². The third-order valence-corrected chi connectivity index (χ3v) is 6.12. The molecule has 6 heteroatoms. The summed E-state index contributed by atoms with van der Waals surface area (Å²) in [6, 6.07) is 8.15. The van der Waals surface area contributed by atoms with E-state index in [2.05, 4.69) is 27.5 Å². The van der Waals surface area contributed by atoms with Crippen molar-refractivity contribution < 1.29 is 4.79 Å². The van der Waals surface area contributed by atoms with Crippen LogP contribution in [0.2, 0.25) is 5.02 Å². The van der Waals surface area contributed by atoms with Gasteiger partial charge in [-0.15, -0.1) is 0 Å². The van der Waals surface area contributed by atoms with Crippen molar-refractivity contribution in [3.8, 4) is 0 Å². The highest BCUT2D eigenvalue weighted by Gasteiger charge is 2.41. The van der Waals surface area contributed by atoms with Gasteiger partial charge in [-0.25, -0.2) is 0 Å². The number of nitrogens with one attached hydrogen (secondary N) is 1. The standard InChI is InChI=1S/C21H25ClN4O/c1-13-4-5-16(22)12-19(13)24-21(27)14(2)26-17-6-7-18(26)11-15(10-17)20-8-9-23-25(20)3/h4-5,8-10,12,14,17-18H,6-7,11H2,1-3H3,(H,24,27). The van der Waals surface area contributed by atoms with E-state index in [1.54, 1.807) is 0 Å². The molecule has 3 heterocycles. The zero-order valence-corrected chi connectivity index (χ0v) is 16.7. The molecule has 2 aliphatic heterocycles. The second kappa shape index (κ2) is 7.13. The Labute approximate surface area is 165 Å². The molecule has 142 valence electrons. The lowest BCUT2D eigenvalue weighted by Gasteiger charge is -2.37. The van der Waals surface area contributed by atoms with Crippen LogP contribution < -0.4 is 5.32 Å². The Morgan fingerprint density at radius 1 is 1.33 bits per heavy atom. The first-order chi connectivity index (χ1) is 12.9. The summed E-state index contributed by atoms with van der Waals surface area (Å²) in [6.45, 7) is 3.98. The van der Waals surface area contributed by atoms with Gasteiger partial charge < -0.3 is 5.32 Å². The van der Waals surface area contributed by atoms with Crippen LogP contribution in [0.25, 0.3) is 5.57 Å². The molecule has 1 aromatic heterocycles. The normalized spacial score (nSPS) is 23.2. The van der Waals surface area contributed by atoms with Gasteiger partial charge in [-0.3, -0.25) is 14.4 Å². The van der Waals surface area contributed by atoms with Crippen molar-refractivity contribution in [1.29, 1.82) is 0 Å². The summed E-state index contributed by atoms with van der Waals surface area (Å²) in [7, 11) is 1.98. The highest BCUT2D eigenvalue weighted by molar-refractivity contribution is 6.31. The number of fused-ring (bicyclic) bond motifs is 2. The van der Waals surface area contributed by atoms with E-state index in [4.69, 9.17) is 11.6 Å². The topological polar surface area (TPSA) is 50.2 Å². The molecule has 1 aromatic carbocycles. The molecule has 5 nitrogen and oxygen atoms in total. The van der Waals surface area contributed by atoms with Gasteiger partial charge in [-0.2, -0.15) is 5.10 Å². The summed E-state index contributed by atoms with van der Waals surface area (Å²) >= 11 is 6.09. The maximum atomic E-state index is 12.9. The Balaban J connectivity index is 1.52. The lowest BCUT2D eigenvalue weighted by atomic mass is 9.96. The number of rotatable bonds is 4. The summed E-state index contributed by atoms with van der Waals surface area (Å²) in [5.41, 5.74) is 4.32. The van der Waals surface area contributed by atoms with Gasteiger partial charge in [0.25, 0.3) is 0 Å². The number of halogens is 1. The Kier molecular flexibility index (Phi) is 4.82. The second-order valence-electron chi connectivity index (χ2n) is 7.61. The summed E-state index contributed by atoms with van der Waals surface area (Å²) in [5, 5.41) is 7.99. The largest absolute Gasteiger partial charge is 0.324 e. The van der Waals surface area contributed by atoms with Crippen LogP contribution in [0.1, 0.15) is 37.4 Å². The van der Waals surface area contributed by atoms with Gasteiger partial charge in [0.1, 0.15) is 0 Å².